The van der Waals surface area contributed by atoms with Gasteiger partial charge in [-0.1, -0.05) is 48.0 Å². The molecule has 1 atom stereocenters. The van der Waals surface area contributed by atoms with Crippen LogP contribution >= 0.6 is 11.6 Å². The molecule has 1 fully saturated rings. The fourth-order valence-electron chi connectivity index (χ4n) is 3.20. The molecular formula is C21H23ClN2O3. The van der Waals surface area contributed by atoms with Crippen LogP contribution in [0, 0.1) is 0 Å². The lowest BCUT2D eigenvalue weighted by atomic mass is 10.0. The Hall–Kier alpha value is -2.53. The van der Waals surface area contributed by atoms with Crippen LogP contribution in [0.3, 0.4) is 0 Å². The van der Waals surface area contributed by atoms with Gasteiger partial charge in [0, 0.05) is 18.0 Å². The molecule has 27 heavy (non-hydrogen) atoms. The lowest BCUT2D eigenvalue weighted by Gasteiger charge is -2.34. The number of rotatable bonds is 7. The fraction of sp³-hybridized carbons (Fsp3) is 0.333. The second-order valence-corrected chi connectivity index (χ2v) is 6.89. The minimum atomic E-state index is -0.606. The highest BCUT2D eigenvalue weighted by Gasteiger charge is 2.32. The average molecular weight is 387 g/mol. The summed E-state index contributed by atoms with van der Waals surface area (Å²) < 4.78 is 5.61. The molecule has 0 spiro atoms. The molecule has 2 aromatic rings. The largest absolute Gasteiger partial charge is 0.492 e. The van der Waals surface area contributed by atoms with E-state index in [1.54, 1.807) is 17.0 Å². The summed E-state index contributed by atoms with van der Waals surface area (Å²) in [6.45, 7) is 1.27. The number of ether oxygens (including phenoxy) is 1. The third kappa shape index (κ3) is 5.23. The first-order chi connectivity index (χ1) is 13.1. The topological polar surface area (TPSA) is 58.6 Å². The molecule has 142 valence electrons. The Kier molecular flexibility index (Phi) is 6.71. The van der Waals surface area contributed by atoms with Crippen molar-refractivity contribution in [2.75, 3.05) is 19.7 Å². The predicted molar refractivity (Wildman–Crippen MR) is 105 cm³/mol. The second kappa shape index (κ2) is 9.42. The van der Waals surface area contributed by atoms with Gasteiger partial charge in [-0.2, -0.15) is 0 Å². The number of benzene rings is 2. The van der Waals surface area contributed by atoms with Crippen molar-refractivity contribution in [1.82, 2.24) is 10.2 Å². The first-order valence-electron chi connectivity index (χ1n) is 9.15. The molecule has 0 aliphatic carbocycles. The van der Waals surface area contributed by atoms with Crippen molar-refractivity contribution < 1.29 is 14.3 Å². The van der Waals surface area contributed by atoms with Crippen LogP contribution in [-0.2, 0) is 9.59 Å². The average Bonchev–Trinajstić information content (AvgIpc) is 2.68. The fourth-order valence-corrected chi connectivity index (χ4v) is 3.38. The zero-order chi connectivity index (χ0) is 19.1. The van der Waals surface area contributed by atoms with Crippen LogP contribution in [0.5, 0.6) is 5.75 Å². The molecule has 1 unspecified atom stereocenters. The maximum Gasteiger partial charge on any atom is 0.247 e. The van der Waals surface area contributed by atoms with E-state index >= 15 is 0 Å². The first-order valence-corrected chi connectivity index (χ1v) is 9.53. The zero-order valence-electron chi connectivity index (χ0n) is 15.1. The van der Waals surface area contributed by atoms with Crippen LogP contribution in [0.4, 0.5) is 0 Å². The van der Waals surface area contributed by atoms with Crippen molar-refractivity contribution in [3.8, 4) is 5.75 Å². The summed E-state index contributed by atoms with van der Waals surface area (Å²) in [5.74, 6) is 0.495. The second-order valence-electron chi connectivity index (χ2n) is 6.45. The van der Waals surface area contributed by atoms with Crippen LogP contribution in [0.1, 0.15) is 30.9 Å². The summed E-state index contributed by atoms with van der Waals surface area (Å²) in [6, 6.07) is 15.9. The smallest absolute Gasteiger partial charge is 0.247 e. The van der Waals surface area contributed by atoms with E-state index in [1.807, 2.05) is 42.5 Å². The molecule has 1 heterocycles. The molecule has 0 bridgehead atoms. The minimum absolute atomic E-state index is 0.0282. The molecule has 2 aromatic carbocycles. The van der Waals surface area contributed by atoms with E-state index in [4.69, 9.17) is 16.3 Å². The lowest BCUT2D eigenvalue weighted by molar-refractivity contribution is -0.142. The Morgan fingerprint density at radius 2 is 1.96 bits per heavy atom. The number of nitrogens with zero attached hydrogens (tertiary/aromatic N) is 1. The van der Waals surface area contributed by atoms with E-state index in [2.05, 4.69) is 5.32 Å². The lowest BCUT2D eigenvalue weighted by Crippen LogP contribution is -2.46. The quantitative estimate of drug-likeness (QED) is 0.740. The summed E-state index contributed by atoms with van der Waals surface area (Å²) >= 11 is 5.93. The number of carbonyl (C=O) groups is 2. The van der Waals surface area contributed by atoms with E-state index in [9.17, 15) is 9.59 Å². The number of hydrogen-bond donors (Lipinski definition) is 1. The maximum absolute atomic E-state index is 12.9. The van der Waals surface area contributed by atoms with Gasteiger partial charge in [0.05, 0.1) is 6.54 Å². The highest BCUT2D eigenvalue weighted by molar-refractivity contribution is 6.30. The Morgan fingerprint density at radius 1 is 1.15 bits per heavy atom. The highest BCUT2D eigenvalue weighted by atomic mass is 35.5. The molecule has 5 nitrogen and oxygen atoms in total. The van der Waals surface area contributed by atoms with Crippen LogP contribution in [0.15, 0.2) is 54.6 Å². The predicted octanol–water partition coefficient (Wildman–Crippen LogP) is 3.59. The van der Waals surface area contributed by atoms with Gasteiger partial charge >= 0.3 is 0 Å². The summed E-state index contributed by atoms with van der Waals surface area (Å²) in [4.78, 5) is 26.9. The molecule has 1 N–H and O–H groups in total. The van der Waals surface area contributed by atoms with Gasteiger partial charge in [0.15, 0.2) is 0 Å². The Bertz CT molecular complexity index is 782. The first kappa shape index (κ1) is 19.2. The van der Waals surface area contributed by atoms with Crippen molar-refractivity contribution in [2.24, 2.45) is 0 Å². The van der Waals surface area contributed by atoms with Gasteiger partial charge in [0.25, 0.3) is 0 Å². The summed E-state index contributed by atoms with van der Waals surface area (Å²) in [6.07, 6.45) is 2.29. The van der Waals surface area contributed by atoms with Gasteiger partial charge in [0.2, 0.25) is 11.8 Å². The number of hydrogen-bond acceptors (Lipinski definition) is 3. The molecule has 0 radical (unpaired) electrons. The van der Waals surface area contributed by atoms with Crippen molar-refractivity contribution in [1.29, 1.82) is 0 Å². The summed E-state index contributed by atoms with van der Waals surface area (Å²) in [5.41, 5.74) is 0.820. The third-order valence-corrected chi connectivity index (χ3v) is 4.74. The minimum Gasteiger partial charge on any atom is -0.492 e. The van der Waals surface area contributed by atoms with Gasteiger partial charge in [0.1, 0.15) is 18.4 Å². The number of halogens is 1. The summed E-state index contributed by atoms with van der Waals surface area (Å²) in [7, 11) is 0. The summed E-state index contributed by atoms with van der Waals surface area (Å²) in [5, 5.41) is 3.49. The van der Waals surface area contributed by atoms with Gasteiger partial charge in [-0.05, 0) is 36.6 Å². The number of likely N-dealkylation sites (tertiary alicyclic amines) is 1. The van der Waals surface area contributed by atoms with Crippen LogP contribution in [-0.4, -0.2) is 36.4 Å². The molecule has 1 aliphatic heterocycles. The number of piperidine rings is 1. The van der Waals surface area contributed by atoms with E-state index in [-0.39, 0.29) is 11.8 Å². The van der Waals surface area contributed by atoms with E-state index in [1.165, 1.54) is 0 Å². The molecule has 6 heteroatoms. The highest BCUT2D eigenvalue weighted by Crippen LogP contribution is 2.25. The molecule has 2 amide bonds. The van der Waals surface area contributed by atoms with Gasteiger partial charge in [-0.3, -0.25) is 9.59 Å². The van der Waals surface area contributed by atoms with Gasteiger partial charge < -0.3 is 15.0 Å². The van der Waals surface area contributed by atoms with E-state index in [0.717, 1.165) is 18.4 Å². The standard InChI is InChI=1S/C21H23ClN2O3/c22-17-9-6-10-18(15-17)27-14-12-23-21(26)20(16-7-2-1-3-8-16)24-13-5-4-11-19(24)25/h1-3,6-10,15,20H,4-5,11-14H2,(H,23,26). The van der Waals surface area contributed by atoms with Crippen molar-refractivity contribution in [3.05, 3.63) is 65.2 Å². The normalized spacial score (nSPS) is 15.3. The Labute approximate surface area is 164 Å². The van der Waals surface area contributed by atoms with Crippen LogP contribution in [0.25, 0.3) is 0 Å². The molecule has 3 rings (SSSR count). The van der Waals surface area contributed by atoms with E-state index < -0.39 is 6.04 Å². The molecule has 0 aromatic heterocycles. The molecule has 1 saturated heterocycles. The van der Waals surface area contributed by atoms with Crippen molar-refractivity contribution in [3.63, 3.8) is 0 Å². The Morgan fingerprint density at radius 3 is 2.70 bits per heavy atom. The monoisotopic (exact) mass is 386 g/mol. The Balaban J connectivity index is 1.62. The van der Waals surface area contributed by atoms with Gasteiger partial charge in [-0.25, -0.2) is 0 Å². The van der Waals surface area contributed by atoms with Crippen LogP contribution in [0.2, 0.25) is 5.02 Å². The number of nitrogens with one attached hydrogen (secondary N) is 1. The molecule has 0 saturated carbocycles. The zero-order valence-corrected chi connectivity index (χ0v) is 15.8. The van der Waals surface area contributed by atoms with E-state index in [0.29, 0.717) is 36.9 Å². The van der Waals surface area contributed by atoms with Gasteiger partial charge in [-0.15, -0.1) is 0 Å². The van der Waals surface area contributed by atoms with Crippen molar-refractivity contribution in [2.45, 2.75) is 25.3 Å². The van der Waals surface area contributed by atoms with Crippen LogP contribution < -0.4 is 10.1 Å². The maximum atomic E-state index is 12.9. The third-order valence-electron chi connectivity index (χ3n) is 4.50. The molecule has 1 aliphatic rings. The molecular weight excluding hydrogens is 364 g/mol. The number of carbonyl (C=O) groups excluding carboxylic acids is 2. The number of amides is 2. The van der Waals surface area contributed by atoms with Crippen molar-refractivity contribution >= 4 is 23.4 Å². The SMILES string of the molecule is O=C(NCCOc1cccc(Cl)c1)C(c1ccccc1)N1CCCCC1=O.